The molecule has 17 heavy (non-hydrogen) atoms. The predicted octanol–water partition coefficient (Wildman–Crippen LogP) is 1.14. The number of H-pyrrole nitrogens is 2. The average molecular weight is 228 g/mol. The van der Waals surface area contributed by atoms with E-state index in [9.17, 15) is 9.59 Å². The van der Waals surface area contributed by atoms with E-state index < -0.39 is 5.69 Å². The van der Waals surface area contributed by atoms with E-state index in [0.29, 0.717) is 0 Å². The number of hydrogen-bond acceptors (Lipinski definition) is 2. The summed E-state index contributed by atoms with van der Waals surface area (Å²) in [6.45, 7) is 0. The highest BCUT2D eigenvalue weighted by Crippen LogP contribution is 2.34. The second-order valence-electron chi connectivity index (χ2n) is 4.30. The molecule has 0 bridgehead atoms. The normalized spacial score (nSPS) is 18.0. The van der Waals surface area contributed by atoms with E-state index in [2.05, 4.69) is 9.97 Å². The molecular weight excluding hydrogens is 216 g/mol. The molecule has 1 aliphatic rings. The molecular formula is C13H12N2O2. The van der Waals surface area contributed by atoms with Crippen molar-refractivity contribution in [3.63, 3.8) is 0 Å². The topological polar surface area (TPSA) is 65.7 Å². The SMILES string of the molecule is O=c1[nH]c2c(c(=O)[nH]1)CC[C@H]2c1ccccc1. The van der Waals surface area contributed by atoms with Gasteiger partial charge in [0, 0.05) is 17.2 Å². The van der Waals surface area contributed by atoms with Crippen LogP contribution in [0.15, 0.2) is 39.9 Å². The van der Waals surface area contributed by atoms with Gasteiger partial charge in [-0.25, -0.2) is 4.79 Å². The molecule has 0 amide bonds. The Kier molecular flexibility index (Phi) is 2.21. The fraction of sp³-hybridized carbons (Fsp3) is 0.231. The summed E-state index contributed by atoms with van der Waals surface area (Å²) in [6, 6.07) is 9.95. The lowest BCUT2D eigenvalue weighted by Gasteiger charge is -2.10. The molecule has 0 saturated heterocycles. The maximum absolute atomic E-state index is 11.6. The van der Waals surface area contributed by atoms with Crippen molar-refractivity contribution in [2.45, 2.75) is 18.8 Å². The molecule has 1 aliphatic carbocycles. The molecule has 3 rings (SSSR count). The number of aromatic nitrogens is 2. The predicted molar refractivity (Wildman–Crippen MR) is 64.3 cm³/mol. The highest BCUT2D eigenvalue weighted by atomic mass is 16.2. The van der Waals surface area contributed by atoms with E-state index in [0.717, 1.165) is 29.7 Å². The second kappa shape index (κ2) is 3.73. The van der Waals surface area contributed by atoms with Crippen LogP contribution in [0.1, 0.15) is 29.2 Å². The summed E-state index contributed by atoms with van der Waals surface area (Å²) in [6.07, 6.45) is 1.60. The number of nitrogens with one attached hydrogen (secondary N) is 2. The van der Waals surface area contributed by atoms with Crippen LogP contribution in [-0.2, 0) is 6.42 Å². The highest BCUT2D eigenvalue weighted by Gasteiger charge is 2.27. The zero-order valence-electron chi connectivity index (χ0n) is 9.19. The van der Waals surface area contributed by atoms with Gasteiger partial charge in [0.15, 0.2) is 0 Å². The van der Waals surface area contributed by atoms with Crippen molar-refractivity contribution < 1.29 is 0 Å². The Morgan fingerprint density at radius 1 is 1.06 bits per heavy atom. The van der Waals surface area contributed by atoms with E-state index in [1.807, 2.05) is 30.3 Å². The van der Waals surface area contributed by atoms with Crippen LogP contribution in [0.25, 0.3) is 0 Å². The highest BCUT2D eigenvalue weighted by molar-refractivity contribution is 5.36. The summed E-state index contributed by atoms with van der Waals surface area (Å²) in [5.74, 6) is 0.140. The largest absolute Gasteiger partial charge is 0.325 e. The standard InChI is InChI=1S/C13H12N2O2/c16-12-10-7-6-9(8-4-2-1-3-5-8)11(10)14-13(17)15-12/h1-5,9H,6-7H2,(H2,14,15,16,17)/t9-/m0/s1. The molecule has 2 N–H and O–H groups in total. The maximum atomic E-state index is 11.6. The Morgan fingerprint density at radius 2 is 1.82 bits per heavy atom. The Labute approximate surface area is 97.3 Å². The van der Waals surface area contributed by atoms with Crippen LogP contribution in [0, 0.1) is 0 Å². The summed E-state index contributed by atoms with van der Waals surface area (Å²) in [4.78, 5) is 28.0. The lowest BCUT2D eigenvalue weighted by molar-refractivity contribution is 0.768. The van der Waals surface area contributed by atoms with Crippen molar-refractivity contribution in [1.29, 1.82) is 0 Å². The number of hydrogen-bond donors (Lipinski definition) is 2. The van der Waals surface area contributed by atoms with Gasteiger partial charge in [-0.05, 0) is 18.4 Å². The Bertz CT molecular complexity index is 655. The van der Waals surface area contributed by atoms with Gasteiger partial charge in [-0.1, -0.05) is 30.3 Å². The molecule has 1 aromatic carbocycles. The molecule has 1 aromatic heterocycles. The van der Waals surface area contributed by atoms with Gasteiger partial charge in [-0.2, -0.15) is 0 Å². The summed E-state index contributed by atoms with van der Waals surface area (Å²) < 4.78 is 0. The van der Waals surface area contributed by atoms with E-state index in [4.69, 9.17) is 0 Å². The van der Waals surface area contributed by atoms with E-state index in [-0.39, 0.29) is 11.5 Å². The lowest BCUT2D eigenvalue weighted by Crippen LogP contribution is -2.26. The molecule has 0 spiro atoms. The monoisotopic (exact) mass is 228 g/mol. The molecule has 1 atom stereocenters. The van der Waals surface area contributed by atoms with Gasteiger partial charge < -0.3 is 4.98 Å². The Balaban J connectivity index is 2.17. The molecule has 86 valence electrons. The third kappa shape index (κ3) is 1.62. The van der Waals surface area contributed by atoms with Gasteiger partial charge in [0.2, 0.25) is 0 Å². The smallest absolute Gasteiger partial charge is 0.310 e. The first-order valence-corrected chi connectivity index (χ1v) is 5.66. The summed E-state index contributed by atoms with van der Waals surface area (Å²) in [7, 11) is 0. The minimum absolute atomic E-state index is 0.140. The first-order chi connectivity index (χ1) is 8.25. The minimum atomic E-state index is -0.420. The van der Waals surface area contributed by atoms with E-state index in [1.54, 1.807) is 0 Å². The zero-order valence-corrected chi connectivity index (χ0v) is 9.19. The molecule has 0 unspecified atom stereocenters. The van der Waals surface area contributed by atoms with Gasteiger partial charge in [-0.15, -0.1) is 0 Å². The molecule has 0 radical (unpaired) electrons. The van der Waals surface area contributed by atoms with Gasteiger partial charge >= 0.3 is 5.69 Å². The van der Waals surface area contributed by atoms with Gasteiger partial charge in [-0.3, -0.25) is 9.78 Å². The van der Waals surface area contributed by atoms with Crippen LogP contribution in [0.4, 0.5) is 0 Å². The number of benzene rings is 1. The van der Waals surface area contributed by atoms with Gasteiger partial charge in [0.1, 0.15) is 0 Å². The summed E-state index contributed by atoms with van der Waals surface area (Å²) in [5, 5.41) is 0. The molecule has 0 fully saturated rings. The molecule has 0 aliphatic heterocycles. The van der Waals surface area contributed by atoms with Crippen molar-refractivity contribution in [2.24, 2.45) is 0 Å². The first-order valence-electron chi connectivity index (χ1n) is 5.66. The third-order valence-corrected chi connectivity index (χ3v) is 3.31. The van der Waals surface area contributed by atoms with Crippen molar-refractivity contribution in [2.75, 3.05) is 0 Å². The quantitative estimate of drug-likeness (QED) is 0.768. The van der Waals surface area contributed by atoms with Crippen LogP contribution >= 0.6 is 0 Å². The van der Waals surface area contributed by atoms with E-state index >= 15 is 0 Å². The lowest BCUT2D eigenvalue weighted by atomic mass is 9.97. The van der Waals surface area contributed by atoms with Crippen LogP contribution in [0.5, 0.6) is 0 Å². The van der Waals surface area contributed by atoms with E-state index in [1.165, 1.54) is 0 Å². The molecule has 4 nitrogen and oxygen atoms in total. The molecule has 4 heteroatoms. The van der Waals surface area contributed by atoms with Crippen LogP contribution in [0.2, 0.25) is 0 Å². The van der Waals surface area contributed by atoms with Crippen LogP contribution in [0.3, 0.4) is 0 Å². The number of fused-ring (bicyclic) bond motifs is 1. The third-order valence-electron chi connectivity index (χ3n) is 3.31. The van der Waals surface area contributed by atoms with Crippen molar-refractivity contribution >= 4 is 0 Å². The summed E-state index contributed by atoms with van der Waals surface area (Å²) >= 11 is 0. The summed E-state index contributed by atoms with van der Waals surface area (Å²) in [5.41, 5.74) is 1.98. The van der Waals surface area contributed by atoms with Gasteiger partial charge in [0.05, 0.1) is 0 Å². The van der Waals surface area contributed by atoms with Crippen LogP contribution < -0.4 is 11.2 Å². The first kappa shape index (κ1) is 10.1. The average Bonchev–Trinajstić information content (AvgIpc) is 2.74. The van der Waals surface area contributed by atoms with Crippen molar-refractivity contribution in [3.05, 3.63) is 68.0 Å². The number of aromatic amines is 2. The molecule has 0 saturated carbocycles. The van der Waals surface area contributed by atoms with Crippen LogP contribution in [-0.4, -0.2) is 9.97 Å². The maximum Gasteiger partial charge on any atom is 0.325 e. The number of rotatable bonds is 1. The second-order valence-corrected chi connectivity index (χ2v) is 4.30. The van der Waals surface area contributed by atoms with Crippen molar-refractivity contribution in [1.82, 2.24) is 9.97 Å². The minimum Gasteiger partial charge on any atom is -0.310 e. The Morgan fingerprint density at radius 3 is 2.59 bits per heavy atom. The van der Waals surface area contributed by atoms with Gasteiger partial charge in [0.25, 0.3) is 5.56 Å². The fourth-order valence-corrected chi connectivity index (χ4v) is 2.53. The zero-order chi connectivity index (χ0) is 11.8. The Hall–Kier alpha value is -2.10. The van der Waals surface area contributed by atoms with Crippen molar-refractivity contribution in [3.8, 4) is 0 Å². The molecule has 1 heterocycles. The molecule has 2 aromatic rings. The fourth-order valence-electron chi connectivity index (χ4n) is 2.53.